The Morgan fingerprint density at radius 3 is 2.27 bits per heavy atom. The summed E-state index contributed by atoms with van der Waals surface area (Å²) in [6.45, 7) is 14.7. The van der Waals surface area contributed by atoms with Crippen molar-refractivity contribution in [2.45, 2.75) is 77.2 Å². The summed E-state index contributed by atoms with van der Waals surface area (Å²) < 4.78 is 71.4. The number of rotatable bonds is 7. The van der Waals surface area contributed by atoms with Gasteiger partial charge in [0.25, 0.3) is 0 Å². The molecule has 0 aliphatic heterocycles. The van der Waals surface area contributed by atoms with Crippen LogP contribution in [0.25, 0.3) is 0 Å². The molecule has 1 aliphatic rings. The maximum absolute atomic E-state index is 12.6. The maximum Gasteiger partial charge on any atom is 0.523 e. The molecule has 0 spiro atoms. The molecule has 0 fully saturated rings. The molecule has 4 nitrogen and oxygen atoms in total. The van der Waals surface area contributed by atoms with Gasteiger partial charge in [-0.1, -0.05) is 33.8 Å². The van der Waals surface area contributed by atoms with E-state index in [0.717, 1.165) is 0 Å². The van der Waals surface area contributed by atoms with Gasteiger partial charge in [0, 0.05) is 6.61 Å². The Morgan fingerprint density at radius 2 is 1.81 bits per heavy atom. The Hall–Kier alpha value is -0.383. The Morgan fingerprint density at radius 1 is 1.27 bits per heavy atom. The monoisotopic (exact) mass is 416 g/mol. The number of hydrogen-bond donors (Lipinski definition) is 0. The molecule has 0 aromatic carbocycles. The first-order valence-corrected chi connectivity index (χ1v) is 13.1. The smallest absolute Gasteiger partial charge is 0.417 e. The molecule has 0 saturated heterocycles. The fourth-order valence-electron chi connectivity index (χ4n) is 2.70. The van der Waals surface area contributed by atoms with Gasteiger partial charge in [-0.15, -0.1) is 0 Å². The van der Waals surface area contributed by atoms with Crippen molar-refractivity contribution in [2.75, 3.05) is 6.61 Å². The van der Waals surface area contributed by atoms with Crippen molar-refractivity contribution in [3.05, 3.63) is 11.6 Å². The van der Waals surface area contributed by atoms with E-state index in [2.05, 4.69) is 38.0 Å². The molecule has 0 aromatic rings. The first-order valence-electron chi connectivity index (χ1n) is 8.80. The van der Waals surface area contributed by atoms with E-state index in [0.29, 0.717) is 25.0 Å². The Bertz CT molecular complexity index is 621. The lowest BCUT2D eigenvalue weighted by atomic mass is 9.87. The summed E-state index contributed by atoms with van der Waals surface area (Å²) in [5.74, 6) is -0.336. The zero-order chi connectivity index (χ0) is 20.6. The second kappa shape index (κ2) is 7.93. The van der Waals surface area contributed by atoms with Crippen molar-refractivity contribution in [1.29, 1.82) is 0 Å². The number of hydrogen-bond acceptors (Lipinski definition) is 4. The molecule has 0 unspecified atom stereocenters. The minimum Gasteiger partial charge on any atom is -0.417 e. The normalized spacial score (nSPS) is 23.8. The molecule has 3 atom stereocenters. The number of allylic oxidation sites excluding steroid dienone is 1. The lowest BCUT2D eigenvalue weighted by Crippen LogP contribution is -2.41. The molecule has 0 radical (unpaired) electrons. The van der Waals surface area contributed by atoms with Crippen LogP contribution in [0.1, 0.15) is 47.5 Å². The van der Waals surface area contributed by atoms with Crippen molar-refractivity contribution in [3.8, 4) is 0 Å². The van der Waals surface area contributed by atoms with E-state index in [1.165, 1.54) is 0 Å². The minimum absolute atomic E-state index is 0.0260. The summed E-state index contributed by atoms with van der Waals surface area (Å²) >= 11 is 0. The van der Waals surface area contributed by atoms with Crippen LogP contribution in [0, 0.1) is 11.8 Å². The summed E-state index contributed by atoms with van der Waals surface area (Å²) in [5, 5.41) is 0.0776. The van der Waals surface area contributed by atoms with E-state index >= 15 is 0 Å². The third-order valence-electron chi connectivity index (χ3n) is 5.64. The molecule has 0 amide bonds. The van der Waals surface area contributed by atoms with E-state index in [1.807, 2.05) is 6.92 Å². The van der Waals surface area contributed by atoms with E-state index in [-0.39, 0.29) is 16.9 Å². The predicted octanol–water partition coefficient (Wildman–Crippen LogP) is 5.24. The van der Waals surface area contributed by atoms with Crippen LogP contribution in [0.4, 0.5) is 13.2 Å². The van der Waals surface area contributed by atoms with Crippen LogP contribution < -0.4 is 0 Å². The van der Waals surface area contributed by atoms with Gasteiger partial charge in [-0.3, -0.25) is 4.18 Å². The minimum atomic E-state index is -5.61. The molecule has 26 heavy (non-hydrogen) atoms. The highest BCUT2D eigenvalue weighted by Crippen LogP contribution is 2.40. The average molecular weight is 417 g/mol. The van der Waals surface area contributed by atoms with Crippen molar-refractivity contribution < 1.29 is 30.2 Å². The van der Waals surface area contributed by atoms with Gasteiger partial charge in [0.1, 0.15) is 6.10 Å². The Labute approximate surface area is 156 Å². The molecule has 0 aromatic heterocycles. The van der Waals surface area contributed by atoms with E-state index in [9.17, 15) is 21.6 Å². The van der Waals surface area contributed by atoms with Gasteiger partial charge in [-0.05, 0) is 55.3 Å². The number of halogens is 3. The second-order valence-electron chi connectivity index (χ2n) is 8.64. The second-order valence-corrected chi connectivity index (χ2v) is 15.0. The first-order chi connectivity index (χ1) is 11.5. The summed E-state index contributed by atoms with van der Waals surface area (Å²) in [6, 6.07) is 0. The molecule has 154 valence electrons. The highest BCUT2D eigenvalue weighted by molar-refractivity contribution is 7.87. The van der Waals surface area contributed by atoms with Gasteiger partial charge in [-0.25, -0.2) is 0 Å². The highest BCUT2D eigenvalue weighted by atomic mass is 32.2. The maximum atomic E-state index is 12.6. The van der Waals surface area contributed by atoms with Gasteiger partial charge in [-0.2, -0.15) is 21.6 Å². The van der Waals surface area contributed by atoms with Crippen LogP contribution >= 0.6 is 0 Å². The molecule has 1 aliphatic carbocycles. The van der Waals surface area contributed by atoms with Crippen molar-refractivity contribution in [1.82, 2.24) is 0 Å². The summed E-state index contributed by atoms with van der Waals surface area (Å²) in [7, 11) is -7.50. The Kier molecular flexibility index (Phi) is 7.21. The summed E-state index contributed by atoms with van der Waals surface area (Å²) in [5.41, 5.74) is -4.88. The zero-order valence-corrected chi connectivity index (χ0v) is 18.4. The van der Waals surface area contributed by atoms with Crippen LogP contribution in [0.15, 0.2) is 11.6 Å². The summed E-state index contributed by atoms with van der Waals surface area (Å²) in [6.07, 6.45) is 1.84. The van der Waals surface area contributed by atoms with E-state index in [4.69, 9.17) is 4.43 Å². The zero-order valence-electron chi connectivity index (χ0n) is 16.6. The fourth-order valence-corrected chi connectivity index (χ4v) is 4.44. The SMILES string of the molecule is CC1=CC[C@H]([C@@H](C)CCO[Si](C)(C)C(C)(C)C)[C@H]1OS(=O)(=O)C(F)(F)F. The van der Waals surface area contributed by atoms with Crippen molar-refractivity contribution in [3.63, 3.8) is 0 Å². The van der Waals surface area contributed by atoms with Crippen LogP contribution in [0.5, 0.6) is 0 Å². The first kappa shape index (κ1) is 23.7. The van der Waals surface area contributed by atoms with Gasteiger partial charge >= 0.3 is 15.6 Å². The summed E-state index contributed by atoms with van der Waals surface area (Å²) in [4.78, 5) is 0. The van der Waals surface area contributed by atoms with Crippen LogP contribution in [-0.4, -0.2) is 35.0 Å². The van der Waals surface area contributed by atoms with Gasteiger partial charge in [0.2, 0.25) is 0 Å². The Balaban J connectivity index is 2.73. The van der Waals surface area contributed by atoms with Gasteiger partial charge in [0.05, 0.1) is 0 Å². The lowest BCUT2D eigenvalue weighted by molar-refractivity contribution is -0.0583. The molecule has 0 heterocycles. The topological polar surface area (TPSA) is 52.6 Å². The van der Waals surface area contributed by atoms with Crippen molar-refractivity contribution >= 4 is 18.4 Å². The number of alkyl halides is 3. The third-order valence-corrected chi connectivity index (χ3v) is 11.2. The van der Waals surface area contributed by atoms with Gasteiger partial charge < -0.3 is 4.43 Å². The van der Waals surface area contributed by atoms with Gasteiger partial charge in [0.15, 0.2) is 8.32 Å². The quantitative estimate of drug-likeness (QED) is 0.247. The van der Waals surface area contributed by atoms with Crippen molar-refractivity contribution in [2.24, 2.45) is 11.8 Å². The highest BCUT2D eigenvalue weighted by Gasteiger charge is 2.50. The van der Waals surface area contributed by atoms with E-state index in [1.54, 1.807) is 13.0 Å². The molecule has 0 bridgehead atoms. The van der Waals surface area contributed by atoms with Crippen LogP contribution in [0.2, 0.25) is 18.1 Å². The standard InChI is InChI=1S/C17H31F3O4SSi/c1-12(10-11-23-26(6,7)16(3,4)5)14-9-8-13(2)15(14)24-25(21,22)17(18,19)20/h8,12,14-15H,9-11H2,1-7H3/t12-,14+,15-/m0/s1. The lowest BCUT2D eigenvalue weighted by Gasteiger charge is -2.37. The largest absolute Gasteiger partial charge is 0.523 e. The fraction of sp³-hybridized carbons (Fsp3) is 0.882. The average Bonchev–Trinajstić information content (AvgIpc) is 2.77. The molecular weight excluding hydrogens is 385 g/mol. The molecule has 0 N–H and O–H groups in total. The van der Waals surface area contributed by atoms with Crippen LogP contribution in [0.3, 0.4) is 0 Å². The third kappa shape index (κ3) is 5.56. The molecule has 0 saturated carbocycles. The predicted molar refractivity (Wildman–Crippen MR) is 98.6 cm³/mol. The van der Waals surface area contributed by atoms with Crippen LogP contribution in [-0.2, 0) is 18.7 Å². The molecule has 1 rings (SSSR count). The van der Waals surface area contributed by atoms with E-state index < -0.39 is 30.0 Å². The molecule has 9 heteroatoms. The molecular formula is C17H31F3O4SSi.